The van der Waals surface area contributed by atoms with Gasteiger partial charge in [-0.15, -0.1) is 11.3 Å². The molecule has 0 bridgehead atoms. The van der Waals surface area contributed by atoms with E-state index in [0.717, 1.165) is 48.3 Å². The van der Waals surface area contributed by atoms with Crippen molar-refractivity contribution in [3.05, 3.63) is 39.7 Å². The van der Waals surface area contributed by atoms with Crippen LogP contribution in [-0.2, 0) is 22.7 Å². The third-order valence-corrected chi connectivity index (χ3v) is 11.2. The first-order chi connectivity index (χ1) is 22.3. The molecule has 3 fully saturated rings. The summed E-state index contributed by atoms with van der Waals surface area (Å²) in [6.07, 6.45) is 2.66. The number of halogens is 3. The van der Waals surface area contributed by atoms with Crippen LogP contribution in [-0.4, -0.2) is 64.8 Å². The zero-order chi connectivity index (χ0) is 31.7. The molecule has 3 atom stereocenters. The maximum absolute atomic E-state index is 15.0. The lowest BCUT2D eigenvalue weighted by Gasteiger charge is -2.31. The van der Waals surface area contributed by atoms with Crippen LogP contribution in [0.3, 0.4) is 0 Å². The summed E-state index contributed by atoms with van der Waals surface area (Å²) in [5, 5.41) is 17.6. The minimum Gasteiger partial charge on any atom is -0.461 e. The van der Waals surface area contributed by atoms with E-state index < -0.39 is 23.6 Å². The molecule has 238 valence electrons. The number of benzene rings is 2. The molecule has 0 spiro atoms. The normalized spacial score (nSPS) is 24.3. The summed E-state index contributed by atoms with van der Waals surface area (Å²) in [5.74, 6) is -0.237. The van der Waals surface area contributed by atoms with Gasteiger partial charge in [-0.3, -0.25) is 9.69 Å². The van der Waals surface area contributed by atoms with Gasteiger partial charge in [0.2, 0.25) is 5.91 Å². The third-order valence-electron chi connectivity index (χ3n) is 9.80. The fourth-order valence-corrected chi connectivity index (χ4v) is 8.99. The fourth-order valence-electron chi connectivity index (χ4n) is 7.69. The summed E-state index contributed by atoms with van der Waals surface area (Å²) >= 11 is 8.29. The predicted octanol–water partition coefficient (Wildman–Crippen LogP) is 5.43. The average molecular weight is 666 g/mol. The number of piperidine rings is 1. The molecule has 2 aromatic carbocycles. The summed E-state index contributed by atoms with van der Waals surface area (Å²) < 4.78 is 42.0. The van der Waals surface area contributed by atoms with Gasteiger partial charge >= 0.3 is 6.01 Å². The Kier molecular flexibility index (Phi) is 7.17. The van der Waals surface area contributed by atoms with E-state index in [1.165, 1.54) is 6.07 Å². The topological polar surface area (TPSA) is 138 Å². The lowest BCUT2D eigenvalue weighted by molar-refractivity contribution is -0.123. The quantitative estimate of drug-likeness (QED) is 0.246. The number of hydrogen-bond donors (Lipinski definition) is 3. The summed E-state index contributed by atoms with van der Waals surface area (Å²) in [7, 11) is 0. The van der Waals surface area contributed by atoms with E-state index in [0.29, 0.717) is 59.2 Å². The van der Waals surface area contributed by atoms with Crippen LogP contribution in [0.1, 0.15) is 48.8 Å². The Bertz CT molecular complexity index is 1980. The molecule has 4 aliphatic rings. The Labute approximate surface area is 271 Å². The largest absolute Gasteiger partial charge is 0.461 e. The summed E-state index contributed by atoms with van der Waals surface area (Å²) in [6, 6.07) is 4.58. The van der Waals surface area contributed by atoms with Gasteiger partial charge < -0.3 is 25.8 Å². The van der Waals surface area contributed by atoms with Gasteiger partial charge in [0.05, 0.1) is 44.9 Å². The smallest absolute Gasteiger partial charge is 0.319 e. The Morgan fingerprint density at radius 3 is 2.96 bits per heavy atom. The summed E-state index contributed by atoms with van der Waals surface area (Å²) in [4.78, 5) is 24.6. The van der Waals surface area contributed by atoms with Crippen LogP contribution in [0.5, 0.6) is 6.01 Å². The number of nitrogens with one attached hydrogen (secondary N) is 2. The van der Waals surface area contributed by atoms with Gasteiger partial charge in [0.15, 0.2) is 0 Å². The molecule has 2 aromatic heterocycles. The van der Waals surface area contributed by atoms with Gasteiger partial charge in [0.1, 0.15) is 41.5 Å². The molecule has 4 aliphatic heterocycles. The molecule has 0 radical (unpaired) electrons. The Morgan fingerprint density at radius 2 is 2.13 bits per heavy atom. The molecule has 0 aliphatic carbocycles. The molecular formula is C32H30ClF2N7O3S. The maximum Gasteiger partial charge on any atom is 0.319 e. The van der Waals surface area contributed by atoms with Crippen LogP contribution in [0, 0.1) is 17.1 Å². The molecule has 14 heteroatoms. The van der Waals surface area contributed by atoms with Crippen molar-refractivity contribution < 1.29 is 23.0 Å². The minimum absolute atomic E-state index is 0.0446. The van der Waals surface area contributed by atoms with Crippen molar-refractivity contribution in [1.82, 2.24) is 20.2 Å². The number of rotatable bonds is 6. The third kappa shape index (κ3) is 4.57. The van der Waals surface area contributed by atoms with E-state index in [1.807, 2.05) is 0 Å². The number of ether oxygens (including phenoxy) is 2. The molecule has 4 N–H and O–H groups in total. The van der Waals surface area contributed by atoms with Gasteiger partial charge in [-0.05, 0) is 55.0 Å². The number of anilines is 2. The van der Waals surface area contributed by atoms with Gasteiger partial charge in [0, 0.05) is 30.5 Å². The van der Waals surface area contributed by atoms with E-state index in [-0.39, 0.29) is 52.0 Å². The van der Waals surface area contributed by atoms with E-state index in [2.05, 4.69) is 21.6 Å². The molecule has 0 saturated carbocycles. The number of thiophene rings is 1. The first kappa shape index (κ1) is 29.6. The van der Waals surface area contributed by atoms with Crippen LogP contribution in [0.4, 0.5) is 19.6 Å². The molecule has 6 heterocycles. The predicted molar refractivity (Wildman–Crippen MR) is 171 cm³/mol. The molecule has 4 aromatic rings. The molecule has 3 saturated heterocycles. The van der Waals surface area contributed by atoms with Crippen LogP contribution >= 0.6 is 22.9 Å². The van der Waals surface area contributed by atoms with Crippen LogP contribution in [0.2, 0.25) is 5.02 Å². The SMILES string of the molecule is N#Cc1c(N)sc2c(F)ccc(-c3c4c(c5c(N[C@@H]6CCCNC6=O)nc(OC[C@@]67CCCN6C[C@H](F)C7)nc5c3Cl)COC4)c12. The first-order valence-electron chi connectivity index (χ1n) is 15.4. The number of aromatic nitrogens is 2. The van der Waals surface area contributed by atoms with E-state index in [9.17, 15) is 14.4 Å². The number of nitrogens with two attached hydrogens (primary N) is 1. The van der Waals surface area contributed by atoms with Crippen molar-refractivity contribution in [1.29, 1.82) is 5.26 Å². The molecule has 8 rings (SSSR count). The summed E-state index contributed by atoms with van der Waals surface area (Å²) in [5.41, 5.74) is 8.90. The van der Waals surface area contributed by atoms with Crippen LogP contribution in [0.25, 0.3) is 32.1 Å². The standard InChI is InChI=1S/C32H30ClF2N7O3S/c33-25-22(16-4-5-20(35)27-23(16)17(10-36)28(37)46-27)18-12-44-13-19(18)24-26(25)40-31(41-29(24)39-21-3-1-7-38-30(21)43)45-14-32-6-2-8-42(32)11-15(34)9-32/h4-5,15,21H,1-3,6-9,11-14,37H2,(H,38,43)(H,39,40,41)/t15-,21-,32+/m1/s1. The number of carbonyl (C=O) groups excluding carboxylic acids is 1. The van der Waals surface area contributed by atoms with Crippen LogP contribution in [0.15, 0.2) is 12.1 Å². The highest BCUT2D eigenvalue weighted by Gasteiger charge is 2.49. The highest BCUT2D eigenvalue weighted by molar-refractivity contribution is 7.23. The highest BCUT2D eigenvalue weighted by Crippen LogP contribution is 2.49. The lowest BCUT2D eigenvalue weighted by atomic mass is 9.91. The van der Waals surface area contributed by atoms with Crippen molar-refractivity contribution >= 4 is 60.7 Å². The maximum atomic E-state index is 15.0. The van der Waals surface area contributed by atoms with E-state index in [1.54, 1.807) is 6.07 Å². The highest BCUT2D eigenvalue weighted by atomic mass is 35.5. The fraction of sp³-hybridized carbons (Fsp3) is 0.438. The molecule has 0 unspecified atom stereocenters. The first-order valence-corrected chi connectivity index (χ1v) is 16.6. The van der Waals surface area contributed by atoms with Crippen molar-refractivity contribution in [2.45, 2.75) is 63.1 Å². The second-order valence-corrected chi connectivity index (χ2v) is 13.9. The number of carbonyl (C=O) groups is 1. The number of alkyl halides is 1. The second-order valence-electron chi connectivity index (χ2n) is 12.5. The molecule has 1 amide bonds. The average Bonchev–Trinajstić information content (AvgIpc) is 3.81. The van der Waals surface area contributed by atoms with Crippen molar-refractivity contribution in [2.24, 2.45) is 0 Å². The molecule has 46 heavy (non-hydrogen) atoms. The van der Waals surface area contributed by atoms with E-state index >= 15 is 4.39 Å². The van der Waals surface area contributed by atoms with Gasteiger partial charge in [0.25, 0.3) is 0 Å². The second kappa shape index (κ2) is 11.2. The molecular weight excluding hydrogens is 636 g/mol. The number of hydrogen-bond acceptors (Lipinski definition) is 10. The number of nitrogen functional groups attached to an aromatic ring is 1. The zero-order valence-electron chi connectivity index (χ0n) is 24.7. The van der Waals surface area contributed by atoms with E-state index in [4.69, 9.17) is 36.8 Å². The number of nitriles is 1. The van der Waals surface area contributed by atoms with Gasteiger partial charge in [-0.2, -0.15) is 15.2 Å². The summed E-state index contributed by atoms with van der Waals surface area (Å²) in [6.45, 7) is 2.45. The Hall–Kier alpha value is -3.83. The van der Waals surface area contributed by atoms with Gasteiger partial charge in [-0.25, -0.2) is 8.78 Å². The number of fused-ring (bicyclic) bond motifs is 5. The van der Waals surface area contributed by atoms with Crippen molar-refractivity contribution in [3.63, 3.8) is 0 Å². The van der Waals surface area contributed by atoms with Gasteiger partial charge in [-0.1, -0.05) is 17.7 Å². The number of amides is 1. The lowest BCUT2D eigenvalue weighted by Crippen LogP contribution is -2.44. The van der Waals surface area contributed by atoms with Crippen molar-refractivity contribution in [2.75, 3.05) is 37.3 Å². The van der Waals surface area contributed by atoms with Crippen LogP contribution < -0.4 is 21.1 Å². The minimum atomic E-state index is -0.917. The monoisotopic (exact) mass is 665 g/mol. The Balaban J connectivity index is 1.32. The van der Waals surface area contributed by atoms with Crippen molar-refractivity contribution in [3.8, 4) is 23.2 Å². The molecule has 10 nitrogen and oxygen atoms in total. The zero-order valence-corrected chi connectivity index (χ0v) is 26.3. The number of nitrogens with zero attached hydrogens (tertiary/aromatic N) is 4. The Morgan fingerprint density at radius 1 is 1.28 bits per heavy atom.